The first-order valence-electron chi connectivity index (χ1n) is 9.99. The molecule has 0 saturated carbocycles. The molecule has 4 amide bonds. The van der Waals surface area contributed by atoms with Crippen molar-refractivity contribution in [1.29, 1.82) is 0 Å². The van der Waals surface area contributed by atoms with Crippen molar-refractivity contribution in [3.05, 3.63) is 86.7 Å². The van der Waals surface area contributed by atoms with Crippen molar-refractivity contribution in [1.82, 2.24) is 5.32 Å². The zero-order valence-electron chi connectivity index (χ0n) is 18.0. The molecule has 2 heterocycles. The molecule has 9 nitrogen and oxygen atoms in total. The van der Waals surface area contributed by atoms with E-state index >= 15 is 0 Å². The summed E-state index contributed by atoms with van der Waals surface area (Å²) in [5, 5.41) is 13.4. The van der Waals surface area contributed by atoms with Crippen molar-refractivity contribution in [3.8, 4) is 11.3 Å². The van der Waals surface area contributed by atoms with Crippen LogP contribution in [0, 0.1) is 30.9 Å². The van der Waals surface area contributed by atoms with Gasteiger partial charge in [0, 0.05) is 17.2 Å². The Kier molecular flexibility index (Phi) is 5.39. The number of anilines is 1. The maximum atomic E-state index is 13.0. The second kappa shape index (κ2) is 8.19. The number of urea groups is 1. The Balaban J connectivity index is 1.68. The van der Waals surface area contributed by atoms with Crippen LogP contribution in [0.15, 0.2) is 58.5 Å². The second-order valence-corrected chi connectivity index (χ2v) is 7.69. The minimum atomic E-state index is -0.839. The van der Waals surface area contributed by atoms with Crippen LogP contribution in [0.2, 0.25) is 0 Å². The number of rotatable bonds is 4. The van der Waals surface area contributed by atoms with E-state index in [0.29, 0.717) is 22.6 Å². The third-order valence-corrected chi connectivity index (χ3v) is 5.45. The smallest absolute Gasteiger partial charge is 0.335 e. The first-order valence-corrected chi connectivity index (χ1v) is 9.99. The predicted octanol–water partition coefficient (Wildman–Crippen LogP) is 4.45. The summed E-state index contributed by atoms with van der Waals surface area (Å²) in [5.41, 5.74) is 2.89. The van der Waals surface area contributed by atoms with E-state index in [-0.39, 0.29) is 17.0 Å². The molecule has 166 valence electrons. The molecule has 9 heteroatoms. The Hall–Kier alpha value is -4.53. The molecular formula is C24H19N3O6. The van der Waals surface area contributed by atoms with Crippen LogP contribution < -0.4 is 10.2 Å². The van der Waals surface area contributed by atoms with Gasteiger partial charge in [-0.25, -0.2) is 9.69 Å². The lowest BCUT2D eigenvalue weighted by Crippen LogP contribution is -2.54. The van der Waals surface area contributed by atoms with Crippen LogP contribution in [-0.4, -0.2) is 22.8 Å². The summed E-state index contributed by atoms with van der Waals surface area (Å²) in [6.07, 6.45) is 1.24. The highest BCUT2D eigenvalue weighted by Crippen LogP contribution is 2.30. The van der Waals surface area contributed by atoms with Crippen LogP contribution in [0.1, 0.15) is 22.5 Å². The first kappa shape index (κ1) is 21.7. The summed E-state index contributed by atoms with van der Waals surface area (Å²) in [6.45, 7) is 5.39. The molecule has 0 spiro atoms. The third kappa shape index (κ3) is 4.03. The summed E-state index contributed by atoms with van der Waals surface area (Å²) < 4.78 is 5.71. The zero-order valence-corrected chi connectivity index (χ0v) is 18.0. The number of imide groups is 2. The predicted molar refractivity (Wildman–Crippen MR) is 120 cm³/mol. The molecule has 1 N–H and O–H groups in total. The molecule has 3 aromatic rings. The number of carbonyl (C=O) groups excluding carboxylic acids is 3. The largest absolute Gasteiger partial charge is 0.457 e. The van der Waals surface area contributed by atoms with E-state index in [1.807, 2.05) is 13.8 Å². The molecule has 4 rings (SSSR count). The summed E-state index contributed by atoms with van der Waals surface area (Å²) in [7, 11) is 0. The lowest BCUT2D eigenvalue weighted by molar-refractivity contribution is -0.385. The number of nitrogens with one attached hydrogen (secondary N) is 1. The minimum absolute atomic E-state index is 0.0480. The number of aryl methyl sites for hydroxylation is 3. The Bertz CT molecular complexity index is 1370. The number of carbonyl (C=O) groups is 3. The van der Waals surface area contributed by atoms with Gasteiger partial charge in [-0.15, -0.1) is 0 Å². The molecule has 2 aromatic carbocycles. The number of furan rings is 1. The SMILES string of the molecule is Cc1ccc(N2C(=O)NC(=O)/C(=C\c3ccc(-c4ccc(C)c([N+](=O)[O-])c4)o3)C2=O)cc1C. The van der Waals surface area contributed by atoms with E-state index in [1.165, 1.54) is 18.2 Å². The second-order valence-electron chi connectivity index (χ2n) is 7.69. The van der Waals surface area contributed by atoms with Crippen molar-refractivity contribution >= 4 is 35.3 Å². The lowest BCUT2D eigenvalue weighted by atomic mass is 10.1. The van der Waals surface area contributed by atoms with E-state index in [1.54, 1.807) is 43.3 Å². The quantitative estimate of drug-likeness (QED) is 0.274. The van der Waals surface area contributed by atoms with E-state index in [0.717, 1.165) is 16.0 Å². The van der Waals surface area contributed by atoms with Gasteiger partial charge in [0.25, 0.3) is 17.5 Å². The highest BCUT2D eigenvalue weighted by atomic mass is 16.6. The molecule has 33 heavy (non-hydrogen) atoms. The fourth-order valence-corrected chi connectivity index (χ4v) is 3.44. The molecule has 0 bridgehead atoms. The molecule has 0 atom stereocenters. The van der Waals surface area contributed by atoms with Crippen LogP contribution in [0.5, 0.6) is 0 Å². The van der Waals surface area contributed by atoms with Crippen molar-refractivity contribution in [2.24, 2.45) is 0 Å². The highest BCUT2D eigenvalue weighted by Gasteiger charge is 2.37. The number of nitro benzene ring substituents is 1. The number of hydrogen-bond acceptors (Lipinski definition) is 6. The molecule has 1 aliphatic rings. The summed E-state index contributed by atoms with van der Waals surface area (Å²) in [5.74, 6) is -1.11. The Labute approximate surface area is 188 Å². The van der Waals surface area contributed by atoms with Crippen molar-refractivity contribution in [3.63, 3.8) is 0 Å². The fourth-order valence-electron chi connectivity index (χ4n) is 3.44. The maximum absolute atomic E-state index is 13.0. The van der Waals surface area contributed by atoms with Gasteiger partial charge in [0.2, 0.25) is 0 Å². The van der Waals surface area contributed by atoms with E-state index < -0.39 is 22.8 Å². The van der Waals surface area contributed by atoms with Crippen LogP contribution in [0.3, 0.4) is 0 Å². The van der Waals surface area contributed by atoms with Gasteiger partial charge in [0.1, 0.15) is 17.1 Å². The number of benzene rings is 2. The van der Waals surface area contributed by atoms with Crippen LogP contribution >= 0.6 is 0 Å². The van der Waals surface area contributed by atoms with Crippen molar-refractivity contribution in [2.75, 3.05) is 4.90 Å². The topological polar surface area (TPSA) is 123 Å². The maximum Gasteiger partial charge on any atom is 0.335 e. The minimum Gasteiger partial charge on any atom is -0.457 e. The molecule has 1 saturated heterocycles. The lowest BCUT2D eigenvalue weighted by Gasteiger charge is -2.26. The Morgan fingerprint density at radius 2 is 1.67 bits per heavy atom. The number of amides is 4. The monoisotopic (exact) mass is 445 g/mol. The average Bonchev–Trinajstić information content (AvgIpc) is 3.22. The van der Waals surface area contributed by atoms with Gasteiger partial charge in [-0.1, -0.05) is 18.2 Å². The number of nitro groups is 1. The fraction of sp³-hybridized carbons (Fsp3) is 0.125. The van der Waals surface area contributed by atoms with Gasteiger partial charge in [0.05, 0.1) is 10.6 Å². The zero-order chi connectivity index (χ0) is 23.9. The van der Waals surface area contributed by atoms with Gasteiger partial charge in [-0.3, -0.25) is 25.0 Å². The van der Waals surface area contributed by atoms with Crippen LogP contribution in [0.25, 0.3) is 17.4 Å². The Morgan fingerprint density at radius 3 is 2.36 bits per heavy atom. The summed E-state index contributed by atoms with van der Waals surface area (Å²) >= 11 is 0. The van der Waals surface area contributed by atoms with E-state index in [4.69, 9.17) is 4.42 Å². The van der Waals surface area contributed by atoms with E-state index in [2.05, 4.69) is 5.32 Å². The number of barbiturate groups is 1. The highest BCUT2D eigenvalue weighted by molar-refractivity contribution is 6.39. The van der Waals surface area contributed by atoms with E-state index in [9.17, 15) is 24.5 Å². The van der Waals surface area contributed by atoms with Gasteiger partial charge in [0.15, 0.2) is 0 Å². The normalized spacial score (nSPS) is 15.2. The average molecular weight is 445 g/mol. The van der Waals surface area contributed by atoms with Crippen molar-refractivity contribution < 1.29 is 23.7 Å². The molecular weight excluding hydrogens is 426 g/mol. The standard InChI is InChI=1S/C24H19N3O6/c1-13-5-7-17(10-15(13)3)26-23(29)19(22(28)25-24(26)30)12-18-8-9-21(33-18)16-6-4-14(2)20(11-16)27(31)32/h4-12H,1-3H3,(H,25,28,30)/b19-12+. The van der Waals surface area contributed by atoms with Crippen LogP contribution in [-0.2, 0) is 9.59 Å². The molecule has 1 aliphatic heterocycles. The van der Waals surface area contributed by atoms with Gasteiger partial charge in [-0.05, 0) is 62.2 Å². The number of hydrogen-bond donors (Lipinski definition) is 1. The molecule has 1 fully saturated rings. The molecule has 0 aliphatic carbocycles. The first-order chi connectivity index (χ1) is 15.7. The molecule has 0 unspecified atom stereocenters. The van der Waals surface area contributed by atoms with Gasteiger partial charge in [-0.2, -0.15) is 0 Å². The van der Waals surface area contributed by atoms with Gasteiger partial charge >= 0.3 is 6.03 Å². The summed E-state index contributed by atoms with van der Waals surface area (Å²) in [4.78, 5) is 49.4. The summed E-state index contributed by atoms with van der Waals surface area (Å²) in [6, 6.07) is 12.1. The molecule has 1 aromatic heterocycles. The number of nitrogens with zero attached hydrogens (tertiary/aromatic N) is 2. The van der Waals surface area contributed by atoms with Gasteiger partial charge < -0.3 is 4.42 Å². The Morgan fingerprint density at radius 1 is 0.939 bits per heavy atom. The molecule has 0 radical (unpaired) electrons. The van der Waals surface area contributed by atoms with Crippen LogP contribution in [0.4, 0.5) is 16.2 Å². The van der Waals surface area contributed by atoms with Crippen molar-refractivity contribution in [2.45, 2.75) is 20.8 Å². The third-order valence-electron chi connectivity index (χ3n) is 5.45.